The molecule has 1 aromatic rings. The molecule has 1 aromatic heterocycles. The summed E-state index contributed by atoms with van der Waals surface area (Å²) >= 11 is 0. The highest BCUT2D eigenvalue weighted by Crippen LogP contribution is 2.09. The largest absolute Gasteiger partial charge is 0.380 e. The van der Waals surface area contributed by atoms with Crippen LogP contribution in [-0.2, 0) is 11.3 Å². The average molecular weight is 264 g/mol. The number of nitrogens with one attached hydrogen (secondary N) is 1. The van der Waals surface area contributed by atoms with Crippen LogP contribution in [0.4, 0.5) is 5.95 Å². The van der Waals surface area contributed by atoms with Crippen molar-refractivity contribution < 1.29 is 4.74 Å². The van der Waals surface area contributed by atoms with Gasteiger partial charge in [-0.15, -0.1) is 0 Å². The maximum Gasteiger partial charge on any atom is 0.225 e. The standard InChI is InChI=1S/C14H24N4O/c1-12(2)8-15-9-13-10-16-14(17-11-13)18-4-3-6-19-7-5-18/h10-12,15H,3-9H2,1-2H3. The van der Waals surface area contributed by atoms with E-state index in [0.717, 1.165) is 57.3 Å². The van der Waals surface area contributed by atoms with Crippen molar-refractivity contribution in [2.75, 3.05) is 37.7 Å². The number of hydrogen-bond acceptors (Lipinski definition) is 5. The fourth-order valence-electron chi connectivity index (χ4n) is 2.05. The molecule has 19 heavy (non-hydrogen) atoms. The number of hydrogen-bond donors (Lipinski definition) is 1. The van der Waals surface area contributed by atoms with Gasteiger partial charge in [0.2, 0.25) is 5.95 Å². The topological polar surface area (TPSA) is 50.3 Å². The third-order valence-corrected chi connectivity index (χ3v) is 3.08. The number of aromatic nitrogens is 2. The van der Waals surface area contributed by atoms with Crippen molar-refractivity contribution in [1.82, 2.24) is 15.3 Å². The first-order chi connectivity index (χ1) is 9.25. The van der Waals surface area contributed by atoms with E-state index < -0.39 is 0 Å². The van der Waals surface area contributed by atoms with Crippen molar-refractivity contribution in [3.63, 3.8) is 0 Å². The predicted molar refractivity (Wildman–Crippen MR) is 76.2 cm³/mol. The highest BCUT2D eigenvalue weighted by atomic mass is 16.5. The Morgan fingerprint density at radius 3 is 2.79 bits per heavy atom. The van der Waals surface area contributed by atoms with Gasteiger partial charge in [0.25, 0.3) is 0 Å². The Kier molecular flexibility index (Phi) is 5.54. The molecule has 2 rings (SSSR count). The van der Waals surface area contributed by atoms with Gasteiger partial charge in [-0.2, -0.15) is 0 Å². The minimum atomic E-state index is 0.664. The van der Waals surface area contributed by atoms with Crippen molar-refractivity contribution in [2.45, 2.75) is 26.8 Å². The smallest absolute Gasteiger partial charge is 0.225 e. The summed E-state index contributed by atoms with van der Waals surface area (Å²) in [5.41, 5.74) is 1.13. The molecule has 1 saturated heterocycles. The lowest BCUT2D eigenvalue weighted by Gasteiger charge is -2.19. The van der Waals surface area contributed by atoms with Gasteiger partial charge < -0.3 is 15.0 Å². The highest BCUT2D eigenvalue weighted by Gasteiger charge is 2.12. The first-order valence-corrected chi connectivity index (χ1v) is 7.10. The van der Waals surface area contributed by atoms with Crippen LogP contribution >= 0.6 is 0 Å². The summed E-state index contributed by atoms with van der Waals surface area (Å²) in [7, 11) is 0. The fourth-order valence-corrected chi connectivity index (χ4v) is 2.05. The van der Waals surface area contributed by atoms with E-state index >= 15 is 0 Å². The Hall–Kier alpha value is -1.20. The second-order valence-electron chi connectivity index (χ2n) is 5.37. The molecule has 0 atom stereocenters. The normalized spacial score (nSPS) is 16.7. The average Bonchev–Trinajstić information content (AvgIpc) is 2.68. The quantitative estimate of drug-likeness (QED) is 0.872. The third-order valence-electron chi connectivity index (χ3n) is 3.08. The molecule has 0 unspecified atom stereocenters. The summed E-state index contributed by atoms with van der Waals surface area (Å²) in [6.07, 6.45) is 4.88. The van der Waals surface area contributed by atoms with Gasteiger partial charge in [-0.05, 0) is 18.9 Å². The molecule has 5 heteroatoms. The molecule has 0 aliphatic carbocycles. The van der Waals surface area contributed by atoms with E-state index in [1.165, 1.54) is 0 Å². The van der Waals surface area contributed by atoms with Crippen LogP contribution in [0.1, 0.15) is 25.8 Å². The van der Waals surface area contributed by atoms with Crippen LogP contribution in [0.2, 0.25) is 0 Å². The molecule has 0 amide bonds. The zero-order chi connectivity index (χ0) is 13.5. The summed E-state index contributed by atoms with van der Waals surface area (Å²) in [5.74, 6) is 1.48. The van der Waals surface area contributed by atoms with Gasteiger partial charge in [-0.3, -0.25) is 0 Å². The number of anilines is 1. The second-order valence-corrected chi connectivity index (χ2v) is 5.37. The van der Waals surface area contributed by atoms with Gasteiger partial charge in [-0.25, -0.2) is 9.97 Å². The summed E-state index contributed by atoms with van der Waals surface area (Å²) in [6.45, 7) is 9.72. The Morgan fingerprint density at radius 1 is 1.26 bits per heavy atom. The van der Waals surface area contributed by atoms with E-state index in [2.05, 4.69) is 34.0 Å². The molecular weight excluding hydrogens is 240 g/mol. The molecule has 1 aliphatic heterocycles. The monoisotopic (exact) mass is 264 g/mol. The van der Waals surface area contributed by atoms with Crippen LogP contribution in [0.15, 0.2) is 12.4 Å². The fraction of sp³-hybridized carbons (Fsp3) is 0.714. The predicted octanol–water partition coefficient (Wildman–Crippen LogP) is 1.45. The molecule has 1 aliphatic rings. The van der Waals surface area contributed by atoms with Crippen LogP contribution < -0.4 is 10.2 Å². The lowest BCUT2D eigenvalue weighted by atomic mass is 10.2. The Bertz CT molecular complexity index is 358. The maximum atomic E-state index is 5.44. The van der Waals surface area contributed by atoms with Crippen molar-refractivity contribution in [2.24, 2.45) is 5.92 Å². The van der Waals surface area contributed by atoms with Crippen LogP contribution in [0.5, 0.6) is 0 Å². The summed E-state index contributed by atoms with van der Waals surface area (Å²) in [4.78, 5) is 11.1. The van der Waals surface area contributed by atoms with Gasteiger partial charge in [0, 0.05) is 44.2 Å². The molecular formula is C14H24N4O. The highest BCUT2D eigenvalue weighted by molar-refractivity contribution is 5.29. The number of ether oxygens (including phenoxy) is 1. The summed E-state index contributed by atoms with van der Waals surface area (Å²) in [6, 6.07) is 0. The van der Waals surface area contributed by atoms with Gasteiger partial charge >= 0.3 is 0 Å². The van der Waals surface area contributed by atoms with Crippen LogP contribution in [0.25, 0.3) is 0 Å². The Labute approximate surface area is 115 Å². The number of nitrogens with zero attached hydrogens (tertiary/aromatic N) is 3. The Balaban J connectivity index is 1.86. The first kappa shape index (κ1) is 14.2. The van der Waals surface area contributed by atoms with E-state index in [1.807, 2.05) is 12.4 Å². The second kappa shape index (κ2) is 7.40. The molecule has 1 N–H and O–H groups in total. The summed E-state index contributed by atoms with van der Waals surface area (Å²) in [5, 5.41) is 3.40. The van der Waals surface area contributed by atoms with Gasteiger partial charge in [0.05, 0.1) is 6.61 Å². The van der Waals surface area contributed by atoms with Crippen LogP contribution in [0, 0.1) is 5.92 Å². The van der Waals surface area contributed by atoms with E-state index in [-0.39, 0.29) is 0 Å². The molecule has 1 fully saturated rings. The van der Waals surface area contributed by atoms with Crippen molar-refractivity contribution in [3.8, 4) is 0 Å². The molecule has 0 bridgehead atoms. The maximum absolute atomic E-state index is 5.44. The van der Waals surface area contributed by atoms with Crippen LogP contribution in [-0.4, -0.2) is 42.8 Å². The van der Waals surface area contributed by atoms with Crippen molar-refractivity contribution >= 4 is 5.95 Å². The van der Waals surface area contributed by atoms with Gasteiger partial charge in [0.1, 0.15) is 0 Å². The minimum Gasteiger partial charge on any atom is -0.380 e. The summed E-state index contributed by atoms with van der Waals surface area (Å²) < 4.78 is 5.44. The Morgan fingerprint density at radius 2 is 2.05 bits per heavy atom. The third kappa shape index (κ3) is 4.76. The molecule has 0 saturated carbocycles. The van der Waals surface area contributed by atoms with Crippen molar-refractivity contribution in [3.05, 3.63) is 18.0 Å². The zero-order valence-corrected chi connectivity index (χ0v) is 11.9. The lowest BCUT2D eigenvalue weighted by Crippen LogP contribution is -2.28. The van der Waals surface area contributed by atoms with Gasteiger partial charge in [0.15, 0.2) is 0 Å². The zero-order valence-electron chi connectivity index (χ0n) is 11.9. The van der Waals surface area contributed by atoms with Crippen molar-refractivity contribution in [1.29, 1.82) is 0 Å². The molecule has 5 nitrogen and oxygen atoms in total. The van der Waals surface area contributed by atoms with E-state index in [9.17, 15) is 0 Å². The van der Waals surface area contributed by atoms with E-state index in [4.69, 9.17) is 4.74 Å². The van der Waals surface area contributed by atoms with Gasteiger partial charge in [-0.1, -0.05) is 13.8 Å². The molecule has 0 aromatic carbocycles. The van der Waals surface area contributed by atoms with E-state index in [0.29, 0.717) is 5.92 Å². The van der Waals surface area contributed by atoms with Crippen LogP contribution in [0.3, 0.4) is 0 Å². The lowest BCUT2D eigenvalue weighted by molar-refractivity contribution is 0.152. The van der Waals surface area contributed by atoms with E-state index in [1.54, 1.807) is 0 Å². The first-order valence-electron chi connectivity index (χ1n) is 7.10. The molecule has 0 spiro atoms. The SMILES string of the molecule is CC(C)CNCc1cnc(N2CCCOCC2)nc1. The molecule has 106 valence electrons. The molecule has 2 heterocycles. The minimum absolute atomic E-state index is 0.664. The number of rotatable bonds is 5. The molecule has 0 radical (unpaired) electrons.